The zero-order valence-corrected chi connectivity index (χ0v) is 9.48. The van der Waals surface area contributed by atoms with Crippen LogP contribution < -0.4 is 15.2 Å². The molecule has 0 aliphatic heterocycles. The first-order valence-corrected chi connectivity index (χ1v) is 4.68. The second-order valence-electron chi connectivity index (χ2n) is 3.51. The third-order valence-electron chi connectivity index (χ3n) is 2.43. The van der Waals surface area contributed by atoms with Crippen molar-refractivity contribution in [1.29, 1.82) is 0 Å². The van der Waals surface area contributed by atoms with Crippen LogP contribution in [0.1, 0.15) is 12.5 Å². The first kappa shape index (κ1) is 12.3. The van der Waals surface area contributed by atoms with Crippen LogP contribution >= 0.6 is 0 Å². The van der Waals surface area contributed by atoms with E-state index < -0.39 is 11.5 Å². The molecule has 5 heteroatoms. The molecule has 0 aromatic heterocycles. The monoisotopic (exact) mass is 225 g/mol. The minimum atomic E-state index is -1.72. The van der Waals surface area contributed by atoms with E-state index in [0.29, 0.717) is 17.1 Å². The van der Waals surface area contributed by atoms with E-state index in [9.17, 15) is 9.90 Å². The van der Waals surface area contributed by atoms with Crippen molar-refractivity contribution in [2.45, 2.75) is 12.5 Å². The third kappa shape index (κ3) is 2.09. The van der Waals surface area contributed by atoms with Gasteiger partial charge in [0, 0.05) is 0 Å². The molecule has 1 rings (SSSR count). The number of ether oxygens (including phenoxy) is 2. The quantitative estimate of drug-likeness (QED) is 0.777. The summed E-state index contributed by atoms with van der Waals surface area (Å²) in [6.45, 7) is 1.33. The summed E-state index contributed by atoms with van der Waals surface area (Å²) >= 11 is 0. The highest BCUT2D eigenvalue weighted by Crippen LogP contribution is 2.31. The van der Waals surface area contributed by atoms with Crippen molar-refractivity contribution in [3.05, 3.63) is 23.8 Å². The van der Waals surface area contributed by atoms with Gasteiger partial charge in [-0.3, -0.25) is 4.79 Å². The largest absolute Gasteiger partial charge is 0.493 e. The fourth-order valence-corrected chi connectivity index (χ4v) is 1.28. The van der Waals surface area contributed by atoms with Crippen LogP contribution in [0.25, 0.3) is 0 Å². The zero-order chi connectivity index (χ0) is 12.3. The number of carbonyl (C=O) groups excluding carboxylic acids is 1. The van der Waals surface area contributed by atoms with Gasteiger partial charge in [-0.2, -0.15) is 0 Å². The van der Waals surface area contributed by atoms with E-state index >= 15 is 0 Å². The molecular formula is C11H15NO4. The third-order valence-corrected chi connectivity index (χ3v) is 2.43. The minimum absolute atomic E-state index is 0.359. The number of carbonyl (C=O) groups is 1. The van der Waals surface area contributed by atoms with Gasteiger partial charge in [-0.15, -0.1) is 0 Å². The van der Waals surface area contributed by atoms with Crippen molar-refractivity contribution in [3.8, 4) is 11.5 Å². The first-order valence-electron chi connectivity index (χ1n) is 4.68. The predicted molar refractivity (Wildman–Crippen MR) is 58.3 cm³/mol. The van der Waals surface area contributed by atoms with Gasteiger partial charge in [0.05, 0.1) is 14.2 Å². The van der Waals surface area contributed by atoms with Crippen molar-refractivity contribution < 1.29 is 19.4 Å². The molecule has 5 nitrogen and oxygen atoms in total. The highest BCUT2D eigenvalue weighted by molar-refractivity contribution is 5.84. The summed E-state index contributed by atoms with van der Waals surface area (Å²) in [5.74, 6) is 0.132. The van der Waals surface area contributed by atoms with Crippen LogP contribution in [0.3, 0.4) is 0 Å². The molecule has 0 radical (unpaired) electrons. The lowest BCUT2D eigenvalue weighted by Gasteiger charge is -2.20. The molecule has 1 aromatic rings. The Morgan fingerprint density at radius 3 is 2.31 bits per heavy atom. The number of primary amides is 1. The summed E-state index contributed by atoms with van der Waals surface area (Å²) in [4.78, 5) is 11.1. The van der Waals surface area contributed by atoms with Gasteiger partial charge in [-0.25, -0.2) is 0 Å². The standard InChI is InChI=1S/C11H15NO4/c1-11(14,10(12)13)7-4-5-8(15-2)9(6-7)16-3/h4-6,14H,1-3H3,(H2,12,13). The lowest BCUT2D eigenvalue weighted by atomic mass is 9.95. The molecule has 3 N–H and O–H groups in total. The zero-order valence-electron chi connectivity index (χ0n) is 9.48. The van der Waals surface area contributed by atoms with E-state index in [1.165, 1.54) is 27.2 Å². The Hall–Kier alpha value is -1.75. The summed E-state index contributed by atoms with van der Waals surface area (Å²) in [7, 11) is 2.98. The SMILES string of the molecule is COc1ccc(C(C)(O)C(N)=O)cc1OC. The summed E-state index contributed by atoms with van der Waals surface area (Å²) in [6, 6.07) is 4.68. The number of amides is 1. The summed E-state index contributed by atoms with van der Waals surface area (Å²) < 4.78 is 10.1. The van der Waals surface area contributed by atoms with Crippen LogP contribution in [-0.2, 0) is 10.4 Å². The highest BCUT2D eigenvalue weighted by Gasteiger charge is 2.30. The second-order valence-corrected chi connectivity index (χ2v) is 3.51. The molecule has 0 fully saturated rings. The Morgan fingerprint density at radius 2 is 1.88 bits per heavy atom. The Labute approximate surface area is 93.8 Å². The number of benzene rings is 1. The summed E-state index contributed by atoms with van der Waals surface area (Å²) in [6.07, 6.45) is 0. The van der Waals surface area contributed by atoms with E-state index in [0.717, 1.165) is 0 Å². The van der Waals surface area contributed by atoms with E-state index in [-0.39, 0.29) is 0 Å². The van der Waals surface area contributed by atoms with Crippen LogP contribution in [0.2, 0.25) is 0 Å². The van der Waals surface area contributed by atoms with Crippen LogP contribution in [-0.4, -0.2) is 25.2 Å². The van der Waals surface area contributed by atoms with Gasteiger partial charge in [0.1, 0.15) is 0 Å². The number of rotatable bonds is 4. The molecule has 0 aliphatic carbocycles. The molecule has 16 heavy (non-hydrogen) atoms. The summed E-state index contributed by atoms with van der Waals surface area (Å²) in [5, 5.41) is 9.88. The molecule has 0 heterocycles. The predicted octanol–water partition coefficient (Wildman–Crippen LogP) is 0.397. The van der Waals surface area contributed by atoms with Crippen LogP contribution in [0.5, 0.6) is 11.5 Å². The van der Waals surface area contributed by atoms with Crippen molar-refractivity contribution in [2.24, 2.45) is 5.73 Å². The maximum Gasteiger partial charge on any atom is 0.253 e. The van der Waals surface area contributed by atoms with E-state index in [4.69, 9.17) is 15.2 Å². The molecule has 1 aromatic carbocycles. The summed E-state index contributed by atoms with van der Waals surface area (Å²) in [5.41, 5.74) is 3.74. The van der Waals surface area contributed by atoms with Gasteiger partial charge in [0.25, 0.3) is 5.91 Å². The molecule has 0 bridgehead atoms. The molecule has 0 saturated heterocycles. The van der Waals surface area contributed by atoms with Gasteiger partial charge >= 0.3 is 0 Å². The average molecular weight is 225 g/mol. The highest BCUT2D eigenvalue weighted by atomic mass is 16.5. The molecule has 0 saturated carbocycles. The smallest absolute Gasteiger partial charge is 0.253 e. The Kier molecular flexibility index (Phi) is 3.39. The Morgan fingerprint density at radius 1 is 1.31 bits per heavy atom. The van der Waals surface area contributed by atoms with Gasteiger partial charge in [0.15, 0.2) is 17.1 Å². The number of nitrogens with two attached hydrogens (primary N) is 1. The lowest BCUT2D eigenvalue weighted by Crippen LogP contribution is -2.38. The van der Waals surface area contributed by atoms with Crippen LogP contribution in [0.4, 0.5) is 0 Å². The molecule has 1 atom stereocenters. The fraction of sp³-hybridized carbons (Fsp3) is 0.364. The molecule has 88 valence electrons. The van der Waals surface area contributed by atoms with Gasteiger partial charge in [0.2, 0.25) is 0 Å². The van der Waals surface area contributed by atoms with E-state index in [2.05, 4.69) is 0 Å². The normalized spacial score (nSPS) is 14.0. The van der Waals surface area contributed by atoms with Crippen LogP contribution in [0.15, 0.2) is 18.2 Å². The molecule has 0 spiro atoms. The molecular weight excluding hydrogens is 210 g/mol. The number of hydrogen-bond acceptors (Lipinski definition) is 4. The van der Waals surface area contributed by atoms with Gasteiger partial charge in [-0.1, -0.05) is 6.07 Å². The van der Waals surface area contributed by atoms with Crippen molar-refractivity contribution in [2.75, 3.05) is 14.2 Å². The minimum Gasteiger partial charge on any atom is -0.493 e. The number of hydrogen-bond donors (Lipinski definition) is 2. The number of aliphatic hydroxyl groups is 1. The van der Waals surface area contributed by atoms with E-state index in [1.807, 2.05) is 0 Å². The Balaban J connectivity index is 3.23. The van der Waals surface area contributed by atoms with Crippen molar-refractivity contribution >= 4 is 5.91 Å². The van der Waals surface area contributed by atoms with Crippen molar-refractivity contribution in [1.82, 2.24) is 0 Å². The van der Waals surface area contributed by atoms with Crippen LogP contribution in [0, 0.1) is 0 Å². The van der Waals surface area contributed by atoms with Gasteiger partial charge in [-0.05, 0) is 24.6 Å². The van der Waals surface area contributed by atoms with E-state index in [1.54, 1.807) is 12.1 Å². The first-order chi connectivity index (χ1) is 7.43. The fourth-order valence-electron chi connectivity index (χ4n) is 1.28. The van der Waals surface area contributed by atoms with Crippen molar-refractivity contribution in [3.63, 3.8) is 0 Å². The van der Waals surface area contributed by atoms with Gasteiger partial charge < -0.3 is 20.3 Å². The Bertz CT molecular complexity index is 401. The molecule has 0 aliphatic rings. The maximum absolute atomic E-state index is 11.1. The average Bonchev–Trinajstić information content (AvgIpc) is 2.27. The lowest BCUT2D eigenvalue weighted by molar-refractivity contribution is -0.135. The topological polar surface area (TPSA) is 81.8 Å². The second kappa shape index (κ2) is 4.40. The molecule has 1 unspecified atom stereocenters. The number of methoxy groups -OCH3 is 2. The maximum atomic E-state index is 11.1. The molecule has 1 amide bonds.